The van der Waals surface area contributed by atoms with E-state index in [0.29, 0.717) is 34.8 Å². The molecule has 334 valence electrons. The van der Waals surface area contributed by atoms with Crippen molar-refractivity contribution >= 4 is 53.8 Å². The number of alkyl halides is 2. The number of nitrogens with zero attached hydrogens (tertiary/aromatic N) is 9. The molecule has 1 saturated carbocycles. The third kappa shape index (κ3) is 7.98. The van der Waals surface area contributed by atoms with Gasteiger partial charge in [0.15, 0.2) is 11.3 Å². The van der Waals surface area contributed by atoms with Gasteiger partial charge in [0.2, 0.25) is 11.8 Å². The number of piperidine rings is 2. The Hall–Kier alpha value is -5.91. The Morgan fingerprint density at radius 2 is 1.92 bits per heavy atom. The normalized spacial score (nSPS) is 24.7. The zero-order valence-electron chi connectivity index (χ0n) is 35.8. The molecule has 10 rings (SSSR count). The highest BCUT2D eigenvalue weighted by Crippen LogP contribution is 2.37. The van der Waals surface area contributed by atoms with E-state index < -0.39 is 30.0 Å². The van der Waals surface area contributed by atoms with E-state index in [4.69, 9.17) is 14.5 Å². The fourth-order valence-electron chi connectivity index (χ4n) is 10.3. The molecule has 4 saturated heterocycles. The topological polar surface area (TPSA) is 175 Å². The van der Waals surface area contributed by atoms with Crippen LogP contribution in [-0.2, 0) is 26.1 Å². The van der Waals surface area contributed by atoms with Crippen molar-refractivity contribution in [2.75, 3.05) is 49.6 Å². The summed E-state index contributed by atoms with van der Waals surface area (Å²) in [5.74, 6) is 6.14. The van der Waals surface area contributed by atoms with Gasteiger partial charge in [0, 0.05) is 57.5 Å². The van der Waals surface area contributed by atoms with Gasteiger partial charge in [-0.25, -0.2) is 23.1 Å². The van der Waals surface area contributed by atoms with E-state index in [2.05, 4.69) is 50.3 Å². The van der Waals surface area contributed by atoms with E-state index in [0.717, 1.165) is 76.9 Å². The molecule has 2 bridgehead atoms. The van der Waals surface area contributed by atoms with Gasteiger partial charge in [-0.15, -0.1) is 0 Å². The van der Waals surface area contributed by atoms with Crippen LogP contribution in [0.4, 0.5) is 20.3 Å². The van der Waals surface area contributed by atoms with Crippen LogP contribution in [0.1, 0.15) is 97.9 Å². The number of rotatable bonds is 10. The standard InChI is InChI=1S/C44H50BF2N11O6/c1-53-38-27(4-2-6-33(38)58(43(53)62)34-11-12-36(59)51-42(34)61)5-3-19-64-44(45)14-17-54(18-15-44)22-26-7-9-28(10-8-26)57-24-32(37(52-57)39(46)47)49-41(60)31-21-48-56-16-13-35(50-40(31)56)55-23-30-20-29(55)25-63-30/h2,4,6,13,16,21,24,26,28-30,34,39H,7-12,14-15,17-20,22-23,25,45H2,1H3,(H,49,60)(H,51,59,61)/t26-,28-,29-,30-,34?/m1/s1. The van der Waals surface area contributed by atoms with Crippen LogP contribution in [0.5, 0.6) is 0 Å². The average molecular weight is 878 g/mol. The summed E-state index contributed by atoms with van der Waals surface area (Å²) in [7, 11) is 3.78. The number of nitrogens with one attached hydrogen (secondary N) is 2. The first-order valence-corrected chi connectivity index (χ1v) is 22.2. The lowest BCUT2D eigenvalue weighted by molar-refractivity contribution is -0.135. The van der Waals surface area contributed by atoms with Crippen molar-refractivity contribution in [3.05, 3.63) is 70.2 Å². The molecule has 8 heterocycles. The van der Waals surface area contributed by atoms with Crippen molar-refractivity contribution in [1.29, 1.82) is 0 Å². The highest BCUT2D eigenvalue weighted by atomic mass is 19.3. The Labute approximate surface area is 367 Å². The van der Waals surface area contributed by atoms with Crippen molar-refractivity contribution < 1.29 is 32.6 Å². The van der Waals surface area contributed by atoms with Crippen LogP contribution in [0.2, 0.25) is 0 Å². The number of fused-ring (bicyclic) bond motifs is 4. The van der Waals surface area contributed by atoms with Crippen LogP contribution in [0.25, 0.3) is 16.7 Å². The molecule has 64 heavy (non-hydrogen) atoms. The number of ether oxygens (including phenoxy) is 2. The van der Waals surface area contributed by atoms with E-state index in [1.54, 1.807) is 24.0 Å². The number of carbonyl (C=O) groups is 3. The lowest BCUT2D eigenvalue weighted by Gasteiger charge is -2.41. The van der Waals surface area contributed by atoms with Crippen LogP contribution < -0.4 is 21.2 Å². The maximum Gasteiger partial charge on any atom is 0.329 e. The molecule has 0 radical (unpaired) electrons. The third-order valence-corrected chi connectivity index (χ3v) is 14.0. The number of imidazole rings is 1. The second kappa shape index (κ2) is 16.9. The predicted molar refractivity (Wildman–Crippen MR) is 233 cm³/mol. The molecule has 5 fully saturated rings. The SMILES string of the molecule is BC1(OCC#Cc2cccc3c2n(C)c(=O)n3C2CCC(=O)NC2=O)CCN(C[C@H]2CC[C@H](n3cc(NC(=O)c4cnn5ccc(N6C[C@H]7C[C@@H]6CO7)nc45)c(C(F)F)n3)CC2)CC1. The van der Waals surface area contributed by atoms with Crippen molar-refractivity contribution in [2.24, 2.45) is 13.0 Å². The number of hydrogen-bond acceptors (Lipinski definition) is 11. The molecule has 1 aliphatic carbocycles. The Bertz CT molecular complexity index is 2760. The molecule has 1 unspecified atom stereocenters. The second-order valence-corrected chi connectivity index (χ2v) is 18.1. The number of hydrogen-bond donors (Lipinski definition) is 2. The number of carbonyl (C=O) groups excluding carboxylic acids is 3. The molecule has 0 spiro atoms. The monoisotopic (exact) mass is 877 g/mol. The van der Waals surface area contributed by atoms with Gasteiger partial charge in [-0.05, 0) is 75.5 Å². The van der Waals surface area contributed by atoms with Crippen LogP contribution >= 0.6 is 0 Å². The molecule has 5 aliphatic rings. The Kier molecular flexibility index (Phi) is 11.1. The van der Waals surface area contributed by atoms with Gasteiger partial charge in [0.1, 0.15) is 31.9 Å². The molecule has 17 nitrogen and oxygen atoms in total. The highest BCUT2D eigenvalue weighted by Gasteiger charge is 2.40. The number of aromatic nitrogens is 7. The molecule has 20 heteroatoms. The van der Waals surface area contributed by atoms with Crippen molar-refractivity contribution in [3.63, 3.8) is 0 Å². The molecule has 3 atom stereocenters. The van der Waals surface area contributed by atoms with E-state index in [1.165, 1.54) is 26.0 Å². The lowest BCUT2D eigenvalue weighted by Crippen LogP contribution is -2.48. The number of likely N-dealkylation sites (tertiary alicyclic amines) is 1. The first-order valence-electron chi connectivity index (χ1n) is 22.2. The van der Waals surface area contributed by atoms with Gasteiger partial charge in [-0.3, -0.25) is 33.5 Å². The molecule has 4 aromatic heterocycles. The van der Waals surface area contributed by atoms with Crippen molar-refractivity contribution in [2.45, 2.75) is 93.9 Å². The summed E-state index contributed by atoms with van der Waals surface area (Å²) in [4.78, 5) is 60.6. The molecule has 3 amide bonds. The number of halogens is 2. The minimum atomic E-state index is -2.87. The summed E-state index contributed by atoms with van der Waals surface area (Å²) in [5.41, 5.74) is 1.27. The smallest absolute Gasteiger partial charge is 0.329 e. The van der Waals surface area contributed by atoms with E-state index in [1.807, 2.05) is 18.2 Å². The van der Waals surface area contributed by atoms with Gasteiger partial charge >= 0.3 is 5.69 Å². The van der Waals surface area contributed by atoms with E-state index in [9.17, 15) is 28.0 Å². The lowest BCUT2D eigenvalue weighted by atomic mass is 9.73. The van der Waals surface area contributed by atoms with Gasteiger partial charge in [-0.2, -0.15) is 10.2 Å². The van der Waals surface area contributed by atoms with E-state index in [-0.39, 0.29) is 66.0 Å². The maximum atomic E-state index is 14.3. The maximum absolute atomic E-state index is 14.3. The molecule has 1 aromatic carbocycles. The van der Waals surface area contributed by atoms with Crippen LogP contribution in [0.15, 0.2) is 47.7 Å². The zero-order chi connectivity index (χ0) is 44.3. The van der Waals surface area contributed by atoms with Crippen LogP contribution in [0.3, 0.4) is 0 Å². The van der Waals surface area contributed by atoms with Gasteiger partial charge < -0.3 is 24.6 Å². The molecule has 5 aromatic rings. The Morgan fingerprint density at radius 3 is 2.66 bits per heavy atom. The van der Waals surface area contributed by atoms with Crippen LogP contribution in [-0.4, -0.2) is 121 Å². The summed E-state index contributed by atoms with van der Waals surface area (Å²) < 4.78 is 46.8. The number of amides is 3. The number of imide groups is 1. The van der Waals surface area contributed by atoms with Crippen molar-refractivity contribution in [1.82, 2.24) is 43.7 Å². The fourth-order valence-corrected chi connectivity index (χ4v) is 10.3. The Morgan fingerprint density at radius 1 is 1.11 bits per heavy atom. The largest absolute Gasteiger partial charge is 0.374 e. The highest BCUT2D eigenvalue weighted by molar-refractivity contribution is 6.14. The number of aryl methyl sites for hydroxylation is 1. The minimum absolute atomic E-state index is 0.0118. The summed E-state index contributed by atoms with van der Waals surface area (Å²) in [6.45, 7) is 4.32. The number of para-hydroxylation sites is 1. The van der Waals surface area contributed by atoms with Gasteiger partial charge in [0.05, 0.1) is 53.3 Å². The quantitative estimate of drug-likeness (QED) is 0.120. The van der Waals surface area contributed by atoms with Crippen molar-refractivity contribution in [3.8, 4) is 11.8 Å². The molecule has 4 aliphatic heterocycles. The first-order chi connectivity index (χ1) is 30.9. The summed E-state index contributed by atoms with van der Waals surface area (Å²) in [6, 6.07) is 6.72. The van der Waals surface area contributed by atoms with E-state index >= 15 is 0 Å². The average Bonchev–Trinajstić information content (AvgIpc) is 4.14. The van der Waals surface area contributed by atoms with Gasteiger partial charge in [-0.1, -0.05) is 17.9 Å². The Balaban J connectivity index is 0.711. The van der Waals surface area contributed by atoms with Crippen LogP contribution in [0, 0.1) is 17.8 Å². The molecule has 2 N–H and O–H groups in total. The number of benzene rings is 1. The predicted octanol–water partition coefficient (Wildman–Crippen LogP) is 2.95. The second-order valence-electron chi connectivity index (χ2n) is 18.1. The summed E-state index contributed by atoms with van der Waals surface area (Å²) in [5, 5.41) is 13.6. The fraction of sp³-hybridized carbons (Fsp3) is 0.523. The zero-order valence-corrected chi connectivity index (χ0v) is 35.8. The van der Waals surface area contributed by atoms with Gasteiger partial charge in [0.25, 0.3) is 12.3 Å². The minimum Gasteiger partial charge on any atom is -0.374 e. The molecular weight excluding hydrogens is 827 g/mol. The number of anilines is 2. The summed E-state index contributed by atoms with van der Waals surface area (Å²) in [6.07, 6.45) is 8.54. The molecular formula is C44H50BF2N11O6. The third-order valence-electron chi connectivity index (χ3n) is 14.0. The number of morpholine rings is 1. The first kappa shape index (κ1) is 42.1. The summed E-state index contributed by atoms with van der Waals surface area (Å²) >= 11 is 0.